The van der Waals surface area contributed by atoms with Gasteiger partial charge >= 0.3 is 5.97 Å². The first-order chi connectivity index (χ1) is 9.00. The van der Waals surface area contributed by atoms with Crippen molar-refractivity contribution >= 4 is 16.9 Å². The van der Waals surface area contributed by atoms with E-state index in [9.17, 15) is 9.59 Å². The lowest BCUT2D eigenvalue weighted by atomic mass is 10.1. The van der Waals surface area contributed by atoms with E-state index in [-0.39, 0.29) is 5.56 Å². The Labute approximate surface area is 111 Å². The third-order valence-corrected chi connectivity index (χ3v) is 3.16. The number of carbonyl (C=O) groups is 1. The molecule has 100 valence electrons. The zero-order valence-corrected chi connectivity index (χ0v) is 11.1. The average Bonchev–Trinajstić information content (AvgIpc) is 2.36. The maximum Gasteiger partial charge on any atom is 0.341 e. The predicted octanol–water partition coefficient (Wildman–Crippen LogP) is 2.75. The molecule has 0 spiro atoms. The molecule has 0 saturated heterocycles. The third-order valence-electron chi connectivity index (χ3n) is 3.16. The number of aromatic carboxylic acids is 1. The molecule has 0 aliphatic heterocycles. The maximum atomic E-state index is 12.2. The second kappa shape index (κ2) is 5.26. The summed E-state index contributed by atoms with van der Waals surface area (Å²) in [6.07, 6.45) is 0.840. The van der Waals surface area contributed by atoms with Gasteiger partial charge in [-0.3, -0.25) is 4.79 Å². The van der Waals surface area contributed by atoms with E-state index in [2.05, 4.69) is 13.8 Å². The molecule has 1 heterocycles. The molecule has 0 aliphatic rings. The fraction of sp³-hybridized carbons (Fsp3) is 0.333. The average molecular weight is 259 g/mol. The quantitative estimate of drug-likeness (QED) is 0.918. The lowest BCUT2D eigenvalue weighted by Gasteiger charge is -2.12. The Morgan fingerprint density at radius 1 is 1.32 bits per heavy atom. The van der Waals surface area contributed by atoms with Gasteiger partial charge in [-0.05, 0) is 29.9 Å². The van der Waals surface area contributed by atoms with E-state index in [0.717, 1.165) is 17.3 Å². The van der Waals surface area contributed by atoms with Crippen LogP contribution in [0, 0.1) is 5.92 Å². The number of benzene rings is 1. The second-order valence-electron chi connectivity index (χ2n) is 5.06. The molecule has 0 radical (unpaired) electrons. The Balaban J connectivity index is 2.66. The van der Waals surface area contributed by atoms with Crippen LogP contribution in [0.1, 0.15) is 30.6 Å². The van der Waals surface area contributed by atoms with Crippen LogP contribution in [-0.2, 0) is 6.54 Å². The van der Waals surface area contributed by atoms with Gasteiger partial charge in [0.25, 0.3) is 5.56 Å². The van der Waals surface area contributed by atoms with Crippen molar-refractivity contribution in [2.45, 2.75) is 26.8 Å². The van der Waals surface area contributed by atoms with Crippen molar-refractivity contribution in [3.63, 3.8) is 0 Å². The zero-order chi connectivity index (χ0) is 14.0. The first kappa shape index (κ1) is 13.3. The van der Waals surface area contributed by atoms with Crippen LogP contribution in [0.4, 0.5) is 0 Å². The highest BCUT2D eigenvalue weighted by molar-refractivity contribution is 5.92. The Kier molecular flexibility index (Phi) is 3.69. The summed E-state index contributed by atoms with van der Waals surface area (Å²) in [7, 11) is 0. The molecule has 0 bridgehead atoms. The van der Waals surface area contributed by atoms with Gasteiger partial charge in [0.05, 0.1) is 5.52 Å². The number of fused-ring (bicyclic) bond motifs is 1. The minimum atomic E-state index is -1.17. The molecule has 2 rings (SSSR count). The van der Waals surface area contributed by atoms with Crippen LogP contribution in [0.3, 0.4) is 0 Å². The lowest BCUT2D eigenvalue weighted by Crippen LogP contribution is -2.27. The fourth-order valence-corrected chi connectivity index (χ4v) is 2.09. The normalized spacial score (nSPS) is 11.1. The summed E-state index contributed by atoms with van der Waals surface area (Å²) >= 11 is 0. The number of aromatic nitrogens is 1. The Hall–Kier alpha value is -2.10. The molecule has 1 aromatic heterocycles. The van der Waals surface area contributed by atoms with Gasteiger partial charge in [-0.1, -0.05) is 32.0 Å². The van der Waals surface area contributed by atoms with Gasteiger partial charge in [-0.2, -0.15) is 0 Å². The predicted molar refractivity (Wildman–Crippen MR) is 74.6 cm³/mol. The second-order valence-corrected chi connectivity index (χ2v) is 5.06. The van der Waals surface area contributed by atoms with E-state index < -0.39 is 11.5 Å². The van der Waals surface area contributed by atoms with Crippen LogP contribution >= 0.6 is 0 Å². The van der Waals surface area contributed by atoms with Crippen molar-refractivity contribution in [2.75, 3.05) is 0 Å². The number of nitrogens with zero attached hydrogens (tertiary/aromatic N) is 1. The minimum absolute atomic E-state index is 0.164. The van der Waals surface area contributed by atoms with E-state index >= 15 is 0 Å². The molecule has 0 aliphatic carbocycles. The molecule has 4 heteroatoms. The van der Waals surface area contributed by atoms with Crippen LogP contribution in [-0.4, -0.2) is 15.6 Å². The molecule has 4 nitrogen and oxygen atoms in total. The van der Waals surface area contributed by atoms with Crippen LogP contribution in [0.25, 0.3) is 10.9 Å². The highest BCUT2D eigenvalue weighted by Gasteiger charge is 2.14. The third kappa shape index (κ3) is 2.67. The first-order valence-corrected chi connectivity index (χ1v) is 6.36. The van der Waals surface area contributed by atoms with E-state index in [1.165, 1.54) is 6.07 Å². The molecule has 1 N–H and O–H groups in total. The van der Waals surface area contributed by atoms with Crippen LogP contribution in [0.5, 0.6) is 0 Å². The minimum Gasteiger partial charge on any atom is -0.477 e. The Morgan fingerprint density at radius 2 is 2.00 bits per heavy atom. The molecule has 0 amide bonds. The van der Waals surface area contributed by atoms with Gasteiger partial charge in [0.15, 0.2) is 0 Å². The highest BCUT2D eigenvalue weighted by Crippen LogP contribution is 2.15. The number of carboxylic acids is 1. The van der Waals surface area contributed by atoms with Gasteiger partial charge < -0.3 is 9.67 Å². The van der Waals surface area contributed by atoms with E-state index in [1.807, 2.05) is 24.3 Å². The highest BCUT2D eigenvalue weighted by atomic mass is 16.4. The smallest absolute Gasteiger partial charge is 0.341 e. The summed E-state index contributed by atoms with van der Waals surface area (Å²) in [5, 5.41) is 9.89. The van der Waals surface area contributed by atoms with E-state index in [0.29, 0.717) is 12.5 Å². The molecular formula is C15H17NO3. The summed E-state index contributed by atoms with van der Waals surface area (Å²) < 4.78 is 1.57. The van der Waals surface area contributed by atoms with Crippen LogP contribution in [0.2, 0.25) is 0 Å². The molecule has 0 unspecified atom stereocenters. The molecule has 0 saturated carbocycles. The summed E-state index contributed by atoms with van der Waals surface area (Å²) in [5.74, 6) is -0.715. The number of para-hydroxylation sites is 1. The SMILES string of the molecule is CC(C)CCn1c(=O)c(C(=O)O)cc2ccccc21. The molecular weight excluding hydrogens is 242 g/mol. The van der Waals surface area contributed by atoms with Crippen molar-refractivity contribution in [2.24, 2.45) is 5.92 Å². The molecule has 0 fully saturated rings. The number of hydrogen-bond acceptors (Lipinski definition) is 2. The molecule has 1 aromatic carbocycles. The number of rotatable bonds is 4. The molecule has 0 atom stereocenters. The molecule has 2 aromatic rings. The zero-order valence-electron chi connectivity index (χ0n) is 11.1. The topological polar surface area (TPSA) is 59.3 Å². The van der Waals surface area contributed by atoms with Gasteiger partial charge in [0.1, 0.15) is 5.56 Å². The van der Waals surface area contributed by atoms with Crippen molar-refractivity contribution in [1.29, 1.82) is 0 Å². The van der Waals surface area contributed by atoms with Crippen LogP contribution < -0.4 is 5.56 Å². The van der Waals surface area contributed by atoms with Gasteiger partial charge in [0.2, 0.25) is 0 Å². The van der Waals surface area contributed by atoms with Crippen LogP contribution in [0.15, 0.2) is 35.1 Å². The van der Waals surface area contributed by atoms with Gasteiger partial charge in [-0.25, -0.2) is 4.79 Å². The summed E-state index contributed by atoms with van der Waals surface area (Å²) in [6.45, 7) is 4.70. The Bertz CT molecular complexity index is 671. The number of pyridine rings is 1. The number of aryl methyl sites for hydroxylation is 1. The summed E-state index contributed by atoms with van der Waals surface area (Å²) in [4.78, 5) is 23.4. The first-order valence-electron chi connectivity index (χ1n) is 6.36. The van der Waals surface area contributed by atoms with Gasteiger partial charge in [0, 0.05) is 6.54 Å². The van der Waals surface area contributed by atoms with Crippen molar-refractivity contribution in [1.82, 2.24) is 4.57 Å². The summed E-state index contributed by atoms with van der Waals surface area (Å²) in [5.41, 5.74) is 0.201. The van der Waals surface area contributed by atoms with Crippen molar-refractivity contribution in [3.05, 3.63) is 46.2 Å². The summed E-state index contributed by atoms with van der Waals surface area (Å²) in [6, 6.07) is 8.82. The Morgan fingerprint density at radius 3 is 2.63 bits per heavy atom. The monoisotopic (exact) mass is 259 g/mol. The standard InChI is InChI=1S/C15H17NO3/c1-10(2)7-8-16-13-6-4-3-5-11(13)9-12(14(16)17)15(18)19/h3-6,9-10H,7-8H2,1-2H3,(H,18,19). The number of hydrogen-bond donors (Lipinski definition) is 1. The largest absolute Gasteiger partial charge is 0.477 e. The van der Waals surface area contributed by atoms with Crippen molar-refractivity contribution in [3.8, 4) is 0 Å². The molecule has 19 heavy (non-hydrogen) atoms. The maximum absolute atomic E-state index is 12.2. The van der Waals surface area contributed by atoms with E-state index in [4.69, 9.17) is 5.11 Å². The lowest BCUT2D eigenvalue weighted by molar-refractivity contribution is 0.0694. The van der Waals surface area contributed by atoms with Gasteiger partial charge in [-0.15, -0.1) is 0 Å². The van der Waals surface area contributed by atoms with E-state index in [1.54, 1.807) is 4.57 Å². The fourth-order valence-electron chi connectivity index (χ4n) is 2.09. The van der Waals surface area contributed by atoms with Crippen molar-refractivity contribution < 1.29 is 9.90 Å². The number of carboxylic acid groups (broad SMARTS) is 1.